The van der Waals surface area contributed by atoms with E-state index in [0.717, 1.165) is 58.7 Å². The highest BCUT2D eigenvalue weighted by Crippen LogP contribution is 2.62. The molecule has 13 nitrogen and oxygen atoms in total. The number of carbonyl (C=O) groups excluding carboxylic acids is 1. The Morgan fingerprint density at radius 2 is 1.66 bits per heavy atom. The molecule has 65 heavy (non-hydrogen) atoms. The van der Waals surface area contributed by atoms with Crippen LogP contribution in [0.2, 0.25) is 0 Å². The normalized spacial score (nSPS) is 22.5. The highest BCUT2D eigenvalue weighted by Gasteiger charge is 2.65. The molecule has 1 fully saturated rings. The Kier molecular flexibility index (Phi) is 14.2. The first kappa shape index (κ1) is 45.0. The van der Waals surface area contributed by atoms with Gasteiger partial charge in [0.25, 0.3) is 5.69 Å². The number of rotatable bonds is 19. The van der Waals surface area contributed by atoms with E-state index in [9.17, 15) is 25.4 Å². The van der Waals surface area contributed by atoms with Crippen LogP contribution in [0.5, 0.6) is 17.2 Å². The molecule has 3 N–H and O–H groups in total. The van der Waals surface area contributed by atoms with Crippen molar-refractivity contribution in [2.75, 3.05) is 19.8 Å². The highest BCUT2D eigenvalue weighted by molar-refractivity contribution is 6.03. The Bertz CT molecular complexity index is 2520. The number of nitro groups is 1. The van der Waals surface area contributed by atoms with E-state index in [1.54, 1.807) is 29.2 Å². The molecule has 1 saturated carbocycles. The third-order valence-electron chi connectivity index (χ3n) is 13.0. The number of fused-ring (bicyclic) bond motifs is 3. The third-order valence-corrected chi connectivity index (χ3v) is 13.0. The van der Waals surface area contributed by atoms with Crippen molar-refractivity contribution in [2.45, 2.75) is 75.8 Å². The number of oxime groups is 1. The quantitative estimate of drug-likeness (QED) is 0.0314. The lowest BCUT2D eigenvalue weighted by Crippen LogP contribution is -2.70. The van der Waals surface area contributed by atoms with Crippen molar-refractivity contribution < 1.29 is 44.1 Å². The van der Waals surface area contributed by atoms with Crippen LogP contribution in [-0.2, 0) is 22.7 Å². The fourth-order valence-electron chi connectivity index (χ4n) is 10.1. The first-order valence-corrected chi connectivity index (χ1v) is 22.4. The van der Waals surface area contributed by atoms with Crippen LogP contribution in [0.3, 0.4) is 0 Å². The zero-order valence-corrected chi connectivity index (χ0v) is 36.2. The van der Waals surface area contributed by atoms with Crippen molar-refractivity contribution in [2.24, 2.45) is 22.9 Å². The van der Waals surface area contributed by atoms with Gasteiger partial charge in [0, 0.05) is 43.2 Å². The predicted octanol–water partition coefficient (Wildman–Crippen LogP) is 9.99. The fourth-order valence-corrected chi connectivity index (χ4v) is 10.1. The van der Waals surface area contributed by atoms with Crippen LogP contribution in [0.1, 0.15) is 67.6 Å². The number of hydrogen-bond donors (Lipinski definition) is 3. The van der Waals surface area contributed by atoms with Gasteiger partial charge >= 0.3 is 6.09 Å². The number of phenolic OH excluding ortho intramolecular Hbond substituents is 1. The van der Waals surface area contributed by atoms with Gasteiger partial charge in [-0.05, 0) is 95.3 Å². The first-order chi connectivity index (χ1) is 31.7. The number of amides is 1. The number of benzene rings is 5. The van der Waals surface area contributed by atoms with E-state index >= 15 is 4.79 Å². The van der Waals surface area contributed by atoms with E-state index in [0.29, 0.717) is 24.3 Å². The number of hydrogen-bond acceptors (Lipinski definition) is 11. The van der Waals surface area contributed by atoms with Crippen LogP contribution in [0, 0.1) is 27.9 Å². The number of phenols is 1. The van der Waals surface area contributed by atoms with Gasteiger partial charge in [0.15, 0.2) is 0 Å². The number of ether oxygens (including phenoxy) is 3. The number of unbranched alkanes of at least 4 members (excludes halogenated alkanes) is 2. The molecule has 5 aromatic carbocycles. The predicted molar refractivity (Wildman–Crippen MR) is 246 cm³/mol. The van der Waals surface area contributed by atoms with E-state index in [4.69, 9.17) is 24.2 Å². The molecule has 6 atom stereocenters. The molecule has 1 amide bonds. The van der Waals surface area contributed by atoms with E-state index in [1.807, 2.05) is 72.8 Å². The zero-order chi connectivity index (χ0) is 45.3. The molecule has 1 aliphatic heterocycles. The summed E-state index contributed by atoms with van der Waals surface area (Å²) in [5.41, 5.74) is 3.83. The van der Waals surface area contributed by atoms with Crippen molar-refractivity contribution in [1.82, 2.24) is 4.90 Å². The Morgan fingerprint density at radius 1 is 0.923 bits per heavy atom. The maximum absolute atomic E-state index is 15.2. The molecule has 1 heterocycles. The van der Waals surface area contributed by atoms with Gasteiger partial charge in [0.1, 0.15) is 29.9 Å². The smallest absolute Gasteiger partial charge is 0.416 e. The fraction of sp³-hybridized carbons (Fsp3) is 0.346. The van der Waals surface area contributed by atoms with E-state index < -0.39 is 28.8 Å². The summed E-state index contributed by atoms with van der Waals surface area (Å²) in [6.07, 6.45) is 7.50. The average molecular weight is 882 g/mol. The minimum Gasteiger partial charge on any atom is -0.508 e. The topological polar surface area (TPSA) is 173 Å². The standard InChI is InChI=1S/C52H55N3O10/c1-2-29-62-52-48(54(33-38-18-12-17-36-15-6-7-19-42(36)38)51(59)64-41-24-21-39(22-25-41)55(60)61)32-46(53-63-34-35-13-4-3-5-14-35)44-30-37(16-8-10-27-56)43(20-9-11-28-57)49(50(44)52)45-31-40(58)23-26-47(45)65-52/h2-7,12-15,17-19,21-26,30-31,37,43,48-50,56-58H,1,8-11,16,20,27-29,32-34H2. The molecule has 338 valence electrons. The van der Waals surface area contributed by atoms with Crippen molar-refractivity contribution >= 4 is 28.3 Å². The van der Waals surface area contributed by atoms with Crippen LogP contribution < -0.4 is 9.47 Å². The second-order valence-corrected chi connectivity index (χ2v) is 16.9. The molecule has 0 radical (unpaired) electrons. The lowest BCUT2D eigenvalue weighted by Gasteiger charge is -2.59. The maximum atomic E-state index is 15.2. The Morgan fingerprint density at radius 3 is 2.42 bits per heavy atom. The van der Waals surface area contributed by atoms with Gasteiger partial charge in [-0.25, -0.2) is 4.79 Å². The lowest BCUT2D eigenvalue weighted by molar-refractivity contribution is -0.384. The van der Waals surface area contributed by atoms with Crippen LogP contribution in [0.4, 0.5) is 10.5 Å². The second kappa shape index (κ2) is 20.5. The van der Waals surface area contributed by atoms with Crippen LogP contribution in [0.25, 0.3) is 10.8 Å². The van der Waals surface area contributed by atoms with Gasteiger partial charge < -0.3 is 34.4 Å². The molecule has 0 aromatic heterocycles. The molecular formula is C52H55N3O10. The van der Waals surface area contributed by atoms with Crippen molar-refractivity contribution in [1.29, 1.82) is 0 Å². The number of nitrogens with zero attached hydrogens (tertiary/aromatic N) is 3. The molecule has 0 saturated heterocycles. The largest absolute Gasteiger partial charge is 0.508 e. The highest BCUT2D eigenvalue weighted by atomic mass is 16.7. The monoisotopic (exact) mass is 881 g/mol. The van der Waals surface area contributed by atoms with E-state index in [1.165, 1.54) is 24.3 Å². The zero-order valence-electron chi connectivity index (χ0n) is 36.2. The molecule has 6 unspecified atom stereocenters. The van der Waals surface area contributed by atoms with Crippen molar-refractivity contribution in [3.63, 3.8) is 0 Å². The number of non-ortho nitro benzene ring substituents is 1. The summed E-state index contributed by atoms with van der Waals surface area (Å²) < 4.78 is 20.6. The molecule has 3 aliphatic rings. The summed E-state index contributed by atoms with van der Waals surface area (Å²) in [6.45, 7) is 4.41. The summed E-state index contributed by atoms with van der Waals surface area (Å²) >= 11 is 0. The van der Waals surface area contributed by atoms with Gasteiger partial charge in [-0.3, -0.25) is 15.0 Å². The number of carbonyl (C=O) groups is 1. The lowest BCUT2D eigenvalue weighted by atomic mass is 9.55. The van der Waals surface area contributed by atoms with Gasteiger partial charge in [0.05, 0.1) is 29.7 Å². The number of nitro benzene ring substituents is 1. The molecule has 2 aliphatic carbocycles. The van der Waals surface area contributed by atoms with E-state index in [-0.39, 0.29) is 74.3 Å². The van der Waals surface area contributed by atoms with Crippen LogP contribution >= 0.6 is 0 Å². The van der Waals surface area contributed by atoms with Crippen LogP contribution in [-0.4, -0.2) is 68.6 Å². The Balaban J connectivity index is 1.35. The van der Waals surface area contributed by atoms with Crippen LogP contribution in [0.15, 0.2) is 145 Å². The summed E-state index contributed by atoms with van der Waals surface area (Å²) in [5, 5.41) is 49.4. The molecule has 8 rings (SSSR count). The van der Waals surface area contributed by atoms with Gasteiger partial charge in [-0.15, -0.1) is 6.58 Å². The Hall–Kier alpha value is -6.54. The summed E-state index contributed by atoms with van der Waals surface area (Å²) in [7, 11) is 0. The van der Waals surface area contributed by atoms with E-state index in [2.05, 4.69) is 12.7 Å². The SMILES string of the molecule is C=CCOC12Oc3ccc(O)cc3C3C(CCCCO)C(CCCCO)C=C(C(=NOCc4ccccc4)CC1N(Cc1cccc4ccccc14)C(=O)Oc1ccc([N+](=O)[O-])cc1)C32. The van der Waals surface area contributed by atoms with Gasteiger partial charge in [-0.2, -0.15) is 0 Å². The number of aliphatic hydroxyl groups is 2. The second-order valence-electron chi connectivity index (χ2n) is 16.9. The van der Waals surface area contributed by atoms with Crippen molar-refractivity contribution in [3.05, 3.63) is 166 Å². The molecular weight excluding hydrogens is 827 g/mol. The third kappa shape index (κ3) is 9.63. The number of allylic oxidation sites excluding steroid dienone is 1. The first-order valence-electron chi connectivity index (χ1n) is 22.4. The van der Waals surface area contributed by atoms with Crippen molar-refractivity contribution in [3.8, 4) is 17.2 Å². The van der Waals surface area contributed by atoms with Gasteiger partial charge in [-0.1, -0.05) is 103 Å². The average Bonchev–Trinajstić information content (AvgIpc) is 3.32. The summed E-state index contributed by atoms with van der Waals surface area (Å²) in [5.74, 6) is -1.94. The molecule has 0 bridgehead atoms. The molecule has 5 aromatic rings. The molecule has 13 heteroatoms. The molecule has 0 spiro atoms. The van der Waals surface area contributed by atoms with Gasteiger partial charge in [0.2, 0.25) is 5.79 Å². The Labute approximate surface area is 378 Å². The number of aliphatic hydroxyl groups excluding tert-OH is 2. The minimum atomic E-state index is -1.60. The minimum absolute atomic E-state index is 0.00309. The number of aromatic hydroxyl groups is 1. The maximum Gasteiger partial charge on any atom is 0.416 e. The summed E-state index contributed by atoms with van der Waals surface area (Å²) in [4.78, 5) is 34.1. The summed E-state index contributed by atoms with van der Waals surface area (Å²) in [6, 6.07) is 33.1.